The number of rotatable bonds is 7. The van der Waals surface area contributed by atoms with E-state index < -0.39 is 0 Å². The molecule has 0 amide bonds. The topological polar surface area (TPSA) is 39.7 Å². The van der Waals surface area contributed by atoms with Crippen LogP contribution in [0.5, 0.6) is 17.2 Å². The van der Waals surface area contributed by atoms with Crippen LogP contribution in [0.1, 0.15) is 31.2 Å². The largest absolute Gasteiger partial charge is 0.493 e. The minimum absolute atomic E-state index is 0.648. The van der Waals surface area contributed by atoms with Crippen molar-refractivity contribution in [2.24, 2.45) is 5.92 Å². The Morgan fingerprint density at radius 3 is 2.10 bits per heavy atom. The summed E-state index contributed by atoms with van der Waals surface area (Å²) in [5.41, 5.74) is 1.15. The average molecular weight is 279 g/mol. The molecule has 4 heteroatoms. The standard InChI is InChI=1S/C16H25NO3/c1-18-14-8-13(9-15(19-2)16(14)20-3)11-17-10-12-6-4-5-7-12/h8-9,12,17H,4-7,10-11H2,1-3H3. The molecule has 0 bridgehead atoms. The van der Waals surface area contributed by atoms with Crippen LogP contribution in [-0.4, -0.2) is 27.9 Å². The van der Waals surface area contributed by atoms with E-state index in [1.54, 1.807) is 21.3 Å². The zero-order valence-electron chi connectivity index (χ0n) is 12.7. The molecule has 0 heterocycles. The summed E-state index contributed by atoms with van der Waals surface area (Å²) in [6.07, 6.45) is 5.50. The van der Waals surface area contributed by atoms with Gasteiger partial charge in [0.1, 0.15) is 0 Å². The van der Waals surface area contributed by atoms with Crippen molar-refractivity contribution in [2.45, 2.75) is 32.2 Å². The van der Waals surface area contributed by atoms with Gasteiger partial charge in [-0.15, -0.1) is 0 Å². The molecule has 0 unspecified atom stereocenters. The molecule has 1 aromatic rings. The number of ether oxygens (including phenoxy) is 3. The highest BCUT2D eigenvalue weighted by atomic mass is 16.5. The molecular formula is C16H25NO3. The second-order valence-corrected chi connectivity index (χ2v) is 5.31. The predicted molar refractivity (Wildman–Crippen MR) is 79.8 cm³/mol. The van der Waals surface area contributed by atoms with Gasteiger partial charge in [0.15, 0.2) is 11.5 Å². The van der Waals surface area contributed by atoms with E-state index in [1.807, 2.05) is 12.1 Å². The van der Waals surface area contributed by atoms with Crippen LogP contribution < -0.4 is 19.5 Å². The number of methoxy groups -OCH3 is 3. The van der Waals surface area contributed by atoms with E-state index >= 15 is 0 Å². The normalized spacial score (nSPS) is 15.3. The third kappa shape index (κ3) is 3.57. The Balaban J connectivity index is 1.99. The third-order valence-electron chi connectivity index (χ3n) is 3.96. The summed E-state index contributed by atoms with van der Waals surface area (Å²) >= 11 is 0. The third-order valence-corrected chi connectivity index (χ3v) is 3.96. The molecule has 2 rings (SSSR count). The van der Waals surface area contributed by atoms with Gasteiger partial charge in [0.2, 0.25) is 5.75 Å². The van der Waals surface area contributed by atoms with Gasteiger partial charge in [0, 0.05) is 6.54 Å². The van der Waals surface area contributed by atoms with Gasteiger partial charge < -0.3 is 19.5 Å². The summed E-state index contributed by atoms with van der Waals surface area (Å²) in [5.74, 6) is 2.92. The summed E-state index contributed by atoms with van der Waals surface area (Å²) in [6, 6.07) is 4.01. The Kier molecular flexibility index (Phi) is 5.53. The number of hydrogen-bond acceptors (Lipinski definition) is 4. The van der Waals surface area contributed by atoms with Gasteiger partial charge in [-0.25, -0.2) is 0 Å². The molecule has 1 aliphatic carbocycles. The van der Waals surface area contributed by atoms with E-state index in [0.717, 1.165) is 24.6 Å². The van der Waals surface area contributed by atoms with Gasteiger partial charge >= 0.3 is 0 Å². The van der Waals surface area contributed by atoms with Crippen molar-refractivity contribution in [3.05, 3.63) is 17.7 Å². The van der Waals surface area contributed by atoms with Crippen molar-refractivity contribution in [1.82, 2.24) is 5.32 Å². The van der Waals surface area contributed by atoms with Crippen LogP contribution in [0.3, 0.4) is 0 Å². The minimum atomic E-state index is 0.648. The van der Waals surface area contributed by atoms with Crippen molar-refractivity contribution < 1.29 is 14.2 Å². The van der Waals surface area contributed by atoms with Gasteiger partial charge in [-0.1, -0.05) is 12.8 Å². The predicted octanol–water partition coefficient (Wildman–Crippen LogP) is 2.99. The monoisotopic (exact) mass is 279 g/mol. The highest BCUT2D eigenvalue weighted by Crippen LogP contribution is 2.38. The fourth-order valence-corrected chi connectivity index (χ4v) is 2.87. The quantitative estimate of drug-likeness (QED) is 0.833. The van der Waals surface area contributed by atoms with Crippen molar-refractivity contribution in [3.63, 3.8) is 0 Å². The van der Waals surface area contributed by atoms with E-state index in [0.29, 0.717) is 17.2 Å². The summed E-state index contributed by atoms with van der Waals surface area (Å²) in [4.78, 5) is 0. The molecule has 0 aliphatic heterocycles. The summed E-state index contributed by atoms with van der Waals surface area (Å²) in [6.45, 7) is 1.92. The Labute approximate surface area is 121 Å². The van der Waals surface area contributed by atoms with E-state index in [1.165, 1.54) is 25.7 Å². The van der Waals surface area contributed by atoms with Gasteiger partial charge in [-0.3, -0.25) is 0 Å². The lowest BCUT2D eigenvalue weighted by molar-refractivity contribution is 0.323. The highest BCUT2D eigenvalue weighted by Gasteiger charge is 2.15. The molecule has 0 atom stereocenters. The molecule has 0 spiro atoms. The lowest BCUT2D eigenvalue weighted by Gasteiger charge is -2.15. The molecule has 1 N–H and O–H groups in total. The smallest absolute Gasteiger partial charge is 0.203 e. The summed E-state index contributed by atoms with van der Waals surface area (Å²) < 4.78 is 16.1. The van der Waals surface area contributed by atoms with E-state index in [9.17, 15) is 0 Å². The minimum Gasteiger partial charge on any atom is -0.493 e. The number of nitrogens with one attached hydrogen (secondary N) is 1. The van der Waals surface area contributed by atoms with Gasteiger partial charge in [0.05, 0.1) is 21.3 Å². The number of benzene rings is 1. The van der Waals surface area contributed by atoms with Crippen LogP contribution in [-0.2, 0) is 6.54 Å². The molecule has 0 aromatic heterocycles. The van der Waals surface area contributed by atoms with E-state index in [4.69, 9.17) is 14.2 Å². The molecular weight excluding hydrogens is 254 g/mol. The first kappa shape index (κ1) is 15.0. The molecule has 0 radical (unpaired) electrons. The maximum Gasteiger partial charge on any atom is 0.203 e. The fourth-order valence-electron chi connectivity index (χ4n) is 2.87. The average Bonchev–Trinajstić information content (AvgIpc) is 2.99. The first-order valence-electron chi connectivity index (χ1n) is 7.28. The molecule has 4 nitrogen and oxygen atoms in total. The maximum atomic E-state index is 5.37. The number of hydrogen-bond donors (Lipinski definition) is 1. The summed E-state index contributed by atoms with van der Waals surface area (Å²) in [7, 11) is 4.92. The Hall–Kier alpha value is -1.42. The molecule has 1 aromatic carbocycles. The van der Waals surface area contributed by atoms with Crippen LogP contribution in [0.25, 0.3) is 0 Å². The molecule has 112 valence electrons. The van der Waals surface area contributed by atoms with E-state index in [2.05, 4.69) is 5.32 Å². The molecule has 1 saturated carbocycles. The van der Waals surface area contributed by atoms with Gasteiger partial charge in [-0.2, -0.15) is 0 Å². The summed E-state index contributed by atoms with van der Waals surface area (Å²) in [5, 5.41) is 3.53. The molecule has 1 aliphatic rings. The first-order chi connectivity index (χ1) is 9.78. The second kappa shape index (κ2) is 7.39. The van der Waals surface area contributed by atoms with Crippen LogP contribution in [0.2, 0.25) is 0 Å². The van der Waals surface area contributed by atoms with Crippen molar-refractivity contribution >= 4 is 0 Å². The van der Waals surface area contributed by atoms with Gasteiger partial charge in [0.25, 0.3) is 0 Å². The molecule has 20 heavy (non-hydrogen) atoms. The SMILES string of the molecule is COc1cc(CNCC2CCCC2)cc(OC)c1OC. The van der Waals surface area contributed by atoms with Crippen molar-refractivity contribution in [3.8, 4) is 17.2 Å². The Bertz CT molecular complexity index is 403. The lowest BCUT2D eigenvalue weighted by Crippen LogP contribution is -2.20. The first-order valence-corrected chi connectivity index (χ1v) is 7.28. The molecule has 1 fully saturated rings. The van der Waals surface area contributed by atoms with Crippen molar-refractivity contribution in [2.75, 3.05) is 27.9 Å². The fraction of sp³-hybridized carbons (Fsp3) is 0.625. The lowest BCUT2D eigenvalue weighted by atomic mass is 10.1. The Morgan fingerprint density at radius 2 is 1.60 bits per heavy atom. The van der Waals surface area contributed by atoms with Crippen LogP contribution >= 0.6 is 0 Å². The molecule has 0 saturated heterocycles. The second-order valence-electron chi connectivity index (χ2n) is 5.31. The Morgan fingerprint density at radius 1 is 1.00 bits per heavy atom. The van der Waals surface area contributed by atoms with Crippen LogP contribution in [0, 0.1) is 5.92 Å². The van der Waals surface area contributed by atoms with Crippen LogP contribution in [0.15, 0.2) is 12.1 Å². The zero-order valence-corrected chi connectivity index (χ0v) is 12.7. The van der Waals surface area contributed by atoms with Crippen molar-refractivity contribution in [1.29, 1.82) is 0 Å². The van der Waals surface area contributed by atoms with Crippen LogP contribution in [0.4, 0.5) is 0 Å². The van der Waals surface area contributed by atoms with Gasteiger partial charge in [-0.05, 0) is 43.0 Å². The maximum absolute atomic E-state index is 5.37. The highest BCUT2D eigenvalue weighted by molar-refractivity contribution is 5.53. The van der Waals surface area contributed by atoms with E-state index in [-0.39, 0.29) is 0 Å². The zero-order chi connectivity index (χ0) is 14.4.